The summed E-state index contributed by atoms with van der Waals surface area (Å²) in [5.74, 6) is 0.214. The van der Waals surface area contributed by atoms with Gasteiger partial charge in [-0.05, 0) is 97.9 Å². The number of halogens is 2. The van der Waals surface area contributed by atoms with Crippen molar-refractivity contribution in [1.29, 1.82) is 0 Å². The predicted molar refractivity (Wildman–Crippen MR) is 105 cm³/mol. The summed E-state index contributed by atoms with van der Waals surface area (Å²) in [5.41, 5.74) is 7.07. The van der Waals surface area contributed by atoms with Crippen LogP contribution in [0, 0.1) is 0 Å². The molecule has 124 valence electrons. The first-order valence-corrected chi connectivity index (χ1v) is 10.4. The second-order valence-electron chi connectivity index (χ2n) is 6.85. The molecule has 2 aliphatic rings. The van der Waals surface area contributed by atoms with Gasteiger partial charge in [-0.1, -0.05) is 31.9 Å². The number of rotatable bonds is 2. The number of carbonyl (C=O) groups is 1. The minimum atomic E-state index is 0.214. The fourth-order valence-electron chi connectivity index (χ4n) is 4.22. The van der Waals surface area contributed by atoms with E-state index >= 15 is 0 Å². The maximum Gasteiger partial charge on any atom is 0.193 e. The third-order valence-corrected chi connectivity index (χ3v) is 6.93. The molecule has 0 saturated heterocycles. The van der Waals surface area contributed by atoms with Gasteiger partial charge in [-0.3, -0.25) is 4.79 Å². The topological polar surface area (TPSA) is 17.1 Å². The van der Waals surface area contributed by atoms with E-state index in [9.17, 15) is 4.79 Å². The van der Waals surface area contributed by atoms with Crippen LogP contribution >= 0.6 is 31.9 Å². The summed E-state index contributed by atoms with van der Waals surface area (Å²) in [4.78, 5) is 13.4. The average Bonchev–Trinajstić information content (AvgIpc) is 2.62. The molecule has 3 heteroatoms. The minimum Gasteiger partial charge on any atom is -0.289 e. The molecular weight excluding hydrogens is 428 g/mol. The standard InChI is InChI=1S/C21H20Br2O/c22-19-11-9-17(13-5-1-3-7-15(13)19)21(24)18-10-12-20(23)16-8-4-2-6-14(16)18/h9-12H,1-8H2. The molecular formula is C21H20Br2O. The summed E-state index contributed by atoms with van der Waals surface area (Å²) in [5, 5.41) is 0. The first kappa shape index (κ1) is 16.5. The van der Waals surface area contributed by atoms with Crippen LogP contribution in [0.3, 0.4) is 0 Å². The molecule has 0 N–H and O–H groups in total. The Morgan fingerprint density at radius 1 is 0.625 bits per heavy atom. The largest absolute Gasteiger partial charge is 0.289 e. The Kier molecular flexibility index (Phi) is 4.66. The molecule has 0 atom stereocenters. The number of hydrogen-bond donors (Lipinski definition) is 0. The van der Waals surface area contributed by atoms with Gasteiger partial charge in [0, 0.05) is 20.1 Å². The van der Waals surface area contributed by atoms with Gasteiger partial charge in [0.2, 0.25) is 0 Å². The Balaban J connectivity index is 1.84. The fraction of sp³-hybridized carbons (Fsp3) is 0.381. The number of fused-ring (bicyclic) bond motifs is 2. The van der Waals surface area contributed by atoms with Crippen molar-refractivity contribution >= 4 is 37.6 Å². The highest BCUT2D eigenvalue weighted by Crippen LogP contribution is 2.35. The summed E-state index contributed by atoms with van der Waals surface area (Å²) < 4.78 is 2.32. The predicted octanol–water partition coefficient (Wildman–Crippen LogP) is 6.20. The Morgan fingerprint density at radius 3 is 1.42 bits per heavy atom. The van der Waals surface area contributed by atoms with Crippen LogP contribution in [-0.4, -0.2) is 5.78 Å². The van der Waals surface area contributed by atoms with Gasteiger partial charge in [0.15, 0.2) is 5.78 Å². The zero-order chi connectivity index (χ0) is 16.7. The van der Waals surface area contributed by atoms with Crippen LogP contribution in [0.5, 0.6) is 0 Å². The molecule has 24 heavy (non-hydrogen) atoms. The molecule has 0 amide bonds. The van der Waals surface area contributed by atoms with Crippen LogP contribution < -0.4 is 0 Å². The van der Waals surface area contributed by atoms with Gasteiger partial charge in [0.05, 0.1) is 0 Å². The molecule has 0 heterocycles. The molecule has 4 rings (SSSR count). The van der Waals surface area contributed by atoms with Crippen LogP contribution in [0.2, 0.25) is 0 Å². The van der Waals surface area contributed by atoms with Gasteiger partial charge in [0.25, 0.3) is 0 Å². The summed E-state index contributed by atoms with van der Waals surface area (Å²) in [6.45, 7) is 0. The van der Waals surface area contributed by atoms with Gasteiger partial charge in [-0.2, -0.15) is 0 Å². The molecule has 0 radical (unpaired) electrons. The zero-order valence-corrected chi connectivity index (χ0v) is 16.8. The monoisotopic (exact) mass is 446 g/mol. The van der Waals surface area contributed by atoms with Crippen LogP contribution in [-0.2, 0) is 25.7 Å². The van der Waals surface area contributed by atoms with E-state index in [-0.39, 0.29) is 5.78 Å². The molecule has 0 bridgehead atoms. The van der Waals surface area contributed by atoms with E-state index in [1.165, 1.54) is 47.9 Å². The molecule has 0 saturated carbocycles. The Labute approximate surface area is 160 Å². The van der Waals surface area contributed by atoms with Gasteiger partial charge < -0.3 is 0 Å². The Morgan fingerprint density at radius 2 is 1.00 bits per heavy atom. The highest BCUT2D eigenvalue weighted by atomic mass is 79.9. The molecule has 0 unspecified atom stereocenters. The molecule has 1 nitrogen and oxygen atoms in total. The zero-order valence-electron chi connectivity index (χ0n) is 13.6. The average molecular weight is 448 g/mol. The van der Waals surface area contributed by atoms with E-state index in [1.54, 1.807) is 0 Å². The van der Waals surface area contributed by atoms with Crippen molar-refractivity contribution in [2.24, 2.45) is 0 Å². The number of hydrogen-bond acceptors (Lipinski definition) is 1. The normalized spacial score (nSPS) is 16.4. The van der Waals surface area contributed by atoms with Crippen LogP contribution in [0.25, 0.3) is 0 Å². The van der Waals surface area contributed by atoms with E-state index in [0.717, 1.165) is 45.8 Å². The van der Waals surface area contributed by atoms with Crippen molar-refractivity contribution < 1.29 is 4.79 Å². The Bertz CT molecular complexity index is 756. The lowest BCUT2D eigenvalue weighted by molar-refractivity contribution is 0.103. The Hall–Kier alpha value is -0.930. The first-order valence-electron chi connectivity index (χ1n) is 8.82. The van der Waals surface area contributed by atoms with Crippen molar-refractivity contribution in [3.8, 4) is 0 Å². The molecule has 0 spiro atoms. The van der Waals surface area contributed by atoms with Crippen molar-refractivity contribution in [2.45, 2.75) is 51.4 Å². The van der Waals surface area contributed by atoms with Crippen molar-refractivity contribution in [2.75, 3.05) is 0 Å². The van der Waals surface area contributed by atoms with Crippen molar-refractivity contribution in [1.82, 2.24) is 0 Å². The smallest absolute Gasteiger partial charge is 0.193 e. The second-order valence-corrected chi connectivity index (χ2v) is 8.56. The molecule has 0 aromatic heterocycles. The maximum absolute atomic E-state index is 13.4. The summed E-state index contributed by atoms with van der Waals surface area (Å²) >= 11 is 7.35. The van der Waals surface area contributed by atoms with Crippen molar-refractivity contribution in [3.05, 3.63) is 66.6 Å². The van der Waals surface area contributed by atoms with Crippen LogP contribution in [0.1, 0.15) is 63.9 Å². The molecule has 2 aromatic carbocycles. The van der Waals surface area contributed by atoms with Gasteiger partial charge in [-0.15, -0.1) is 0 Å². The third-order valence-electron chi connectivity index (χ3n) is 5.44. The van der Waals surface area contributed by atoms with E-state index in [2.05, 4.69) is 44.0 Å². The second kappa shape index (κ2) is 6.76. The lowest BCUT2D eigenvalue weighted by Gasteiger charge is -2.23. The van der Waals surface area contributed by atoms with E-state index in [0.29, 0.717) is 0 Å². The summed E-state index contributed by atoms with van der Waals surface area (Å²) in [7, 11) is 0. The first-order chi connectivity index (χ1) is 11.7. The summed E-state index contributed by atoms with van der Waals surface area (Å²) in [6.07, 6.45) is 9.01. The number of benzene rings is 2. The molecule has 0 aliphatic heterocycles. The molecule has 2 aliphatic carbocycles. The van der Waals surface area contributed by atoms with E-state index in [1.807, 2.05) is 12.1 Å². The molecule has 0 fully saturated rings. The minimum absolute atomic E-state index is 0.214. The third kappa shape index (κ3) is 2.80. The lowest BCUT2D eigenvalue weighted by Crippen LogP contribution is -2.16. The van der Waals surface area contributed by atoms with Crippen LogP contribution in [0.4, 0.5) is 0 Å². The number of ketones is 1. The highest BCUT2D eigenvalue weighted by Gasteiger charge is 2.25. The SMILES string of the molecule is O=C(c1ccc(Br)c2c1CCCC2)c1ccc(Br)c2c1CCCC2. The fourth-order valence-corrected chi connectivity index (χ4v) is 5.36. The lowest BCUT2D eigenvalue weighted by atomic mass is 9.82. The molecule has 2 aromatic rings. The van der Waals surface area contributed by atoms with Gasteiger partial charge >= 0.3 is 0 Å². The van der Waals surface area contributed by atoms with Crippen LogP contribution in [0.15, 0.2) is 33.2 Å². The van der Waals surface area contributed by atoms with Crippen molar-refractivity contribution in [3.63, 3.8) is 0 Å². The number of carbonyl (C=O) groups excluding carboxylic acids is 1. The highest BCUT2D eigenvalue weighted by molar-refractivity contribution is 9.10. The summed E-state index contributed by atoms with van der Waals surface area (Å²) in [6, 6.07) is 8.16. The van der Waals surface area contributed by atoms with Gasteiger partial charge in [0.1, 0.15) is 0 Å². The maximum atomic E-state index is 13.4. The van der Waals surface area contributed by atoms with Gasteiger partial charge in [-0.25, -0.2) is 0 Å². The van der Waals surface area contributed by atoms with E-state index < -0.39 is 0 Å². The van der Waals surface area contributed by atoms with E-state index in [4.69, 9.17) is 0 Å². The quantitative estimate of drug-likeness (QED) is 0.500.